The fourth-order valence-corrected chi connectivity index (χ4v) is 2.68. The fourth-order valence-electron chi connectivity index (χ4n) is 1.71. The minimum Gasteiger partial charge on any atom is -0.465 e. The molecule has 0 aliphatic heterocycles. The highest BCUT2D eigenvalue weighted by atomic mass is 32.2. The van der Waals surface area contributed by atoms with Gasteiger partial charge >= 0.3 is 5.97 Å². The van der Waals surface area contributed by atoms with Crippen molar-refractivity contribution in [1.82, 2.24) is 4.98 Å². The second-order valence-electron chi connectivity index (χ2n) is 4.09. The molecule has 1 heterocycles. The van der Waals surface area contributed by atoms with Crippen molar-refractivity contribution < 1.29 is 9.53 Å². The summed E-state index contributed by atoms with van der Waals surface area (Å²) >= 11 is 1.66. The molecule has 0 spiro atoms. The lowest BCUT2D eigenvalue weighted by atomic mass is 10.2. The quantitative estimate of drug-likeness (QED) is 0.631. The molecule has 2 rings (SSSR count). The van der Waals surface area contributed by atoms with Gasteiger partial charge in [0.05, 0.1) is 18.4 Å². The van der Waals surface area contributed by atoms with E-state index >= 15 is 0 Å². The van der Waals surface area contributed by atoms with E-state index in [1.54, 1.807) is 30.1 Å². The van der Waals surface area contributed by atoms with Gasteiger partial charge in [-0.3, -0.25) is 4.98 Å². The molecule has 0 unspecified atom stereocenters. The van der Waals surface area contributed by atoms with E-state index in [0.29, 0.717) is 11.3 Å². The zero-order valence-electron chi connectivity index (χ0n) is 10.9. The van der Waals surface area contributed by atoms with E-state index in [9.17, 15) is 4.79 Å². The maximum Gasteiger partial charge on any atom is 0.339 e. The molecule has 3 nitrogen and oxygen atoms in total. The first-order valence-electron chi connectivity index (χ1n) is 5.92. The number of aryl methyl sites for hydroxylation is 1. The number of carbonyl (C=O) groups excluding carboxylic acids is 1. The minimum atomic E-state index is -0.340. The summed E-state index contributed by atoms with van der Waals surface area (Å²) in [6, 6.07) is 11.7. The Bertz CT molecular complexity index is 584. The van der Waals surface area contributed by atoms with Gasteiger partial charge in [-0.15, -0.1) is 11.8 Å². The Labute approximate surface area is 117 Å². The molecule has 19 heavy (non-hydrogen) atoms. The number of aromatic nitrogens is 1. The van der Waals surface area contributed by atoms with Crippen molar-refractivity contribution in [2.24, 2.45) is 0 Å². The van der Waals surface area contributed by atoms with E-state index < -0.39 is 0 Å². The Kier molecular flexibility index (Phi) is 4.58. The number of ether oxygens (including phenoxy) is 1. The first kappa shape index (κ1) is 13.6. The molecular weight excluding hydrogens is 258 g/mol. The molecule has 0 saturated heterocycles. The number of rotatable bonds is 4. The van der Waals surface area contributed by atoms with E-state index in [-0.39, 0.29) is 5.97 Å². The first-order valence-corrected chi connectivity index (χ1v) is 6.91. The van der Waals surface area contributed by atoms with E-state index in [2.05, 4.69) is 30.1 Å². The lowest BCUT2D eigenvalue weighted by Gasteiger charge is -2.06. The summed E-state index contributed by atoms with van der Waals surface area (Å²) in [5.74, 6) is 0.308. The van der Waals surface area contributed by atoms with Gasteiger partial charge in [0.25, 0.3) is 0 Å². The molecule has 1 aromatic heterocycles. The molecule has 0 aliphatic rings. The fraction of sp³-hybridized carbons (Fsp3) is 0.200. The van der Waals surface area contributed by atoms with Crippen LogP contribution in [0.15, 0.2) is 47.5 Å². The summed E-state index contributed by atoms with van der Waals surface area (Å²) in [6.07, 6.45) is 1.69. The van der Waals surface area contributed by atoms with Crippen molar-refractivity contribution in [3.8, 4) is 0 Å². The van der Waals surface area contributed by atoms with Gasteiger partial charge in [-0.1, -0.05) is 17.7 Å². The molecule has 0 bridgehead atoms. The third-order valence-corrected chi connectivity index (χ3v) is 3.67. The van der Waals surface area contributed by atoms with Crippen LogP contribution in [0.25, 0.3) is 0 Å². The summed E-state index contributed by atoms with van der Waals surface area (Å²) in [5, 5.41) is 0. The number of hydrogen-bond donors (Lipinski definition) is 0. The van der Waals surface area contributed by atoms with Crippen LogP contribution in [-0.4, -0.2) is 18.1 Å². The average molecular weight is 273 g/mol. The third-order valence-electron chi connectivity index (χ3n) is 2.66. The number of pyridine rings is 1. The normalized spacial score (nSPS) is 10.2. The van der Waals surface area contributed by atoms with E-state index in [4.69, 9.17) is 4.74 Å². The van der Waals surface area contributed by atoms with Crippen molar-refractivity contribution in [1.29, 1.82) is 0 Å². The Morgan fingerprint density at radius 3 is 2.89 bits per heavy atom. The highest BCUT2D eigenvalue weighted by Crippen LogP contribution is 2.24. The number of carbonyl (C=O) groups is 1. The van der Waals surface area contributed by atoms with E-state index in [1.165, 1.54) is 17.6 Å². The Morgan fingerprint density at radius 1 is 1.32 bits per heavy atom. The van der Waals surface area contributed by atoms with Crippen molar-refractivity contribution in [2.75, 3.05) is 7.11 Å². The Hall–Kier alpha value is -1.81. The second-order valence-corrected chi connectivity index (χ2v) is 5.14. The number of hydrogen-bond acceptors (Lipinski definition) is 4. The zero-order valence-corrected chi connectivity index (χ0v) is 11.7. The van der Waals surface area contributed by atoms with Crippen LogP contribution >= 0.6 is 11.8 Å². The number of esters is 1. The molecule has 4 heteroatoms. The highest BCUT2D eigenvalue weighted by Gasteiger charge is 2.12. The van der Waals surface area contributed by atoms with Crippen LogP contribution in [0.5, 0.6) is 0 Å². The Morgan fingerprint density at radius 2 is 2.16 bits per heavy atom. The zero-order chi connectivity index (χ0) is 13.7. The molecule has 0 amide bonds. The largest absolute Gasteiger partial charge is 0.465 e. The van der Waals surface area contributed by atoms with Crippen LogP contribution in [0, 0.1) is 6.92 Å². The lowest BCUT2D eigenvalue weighted by Crippen LogP contribution is -2.06. The molecule has 0 aliphatic carbocycles. The van der Waals surface area contributed by atoms with Gasteiger partial charge in [0, 0.05) is 16.8 Å². The molecule has 0 N–H and O–H groups in total. The molecular formula is C15H15NO2S. The number of thioether (sulfide) groups is 1. The van der Waals surface area contributed by atoms with Gasteiger partial charge in [0.15, 0.2) is 0 Å². The maximum atomic E-state index is 11.6. The van der Waals surface area contributed by atoms with Crippen LogP contribution in [0.3, 0.4) is 0 Å². The van der Waals surface area contributed by atoms with Crippen LogP contribution in [-0.2, 0) is 10.5 Å². The average Bonchev–Trinajstić information content (AvgIpc) is 2.45. The molecule has 98 valence electrons. The van der Waals surface area contributed by atoms with Crippen LogP contribution < -0.4 is 0 Å². The predicted molar refractivity (Wildman–Crippen MR) is 76.3 cm³/mol. The summed E-state index contributed by atoms with van der Waals surface area (Å²) in [7, 11) is 1.38. The van der Waals surface area contributed by atoms with E-state index in [1.807, 2.05) is 6.07 Å². The molecule has 0 saturated carbocycles. The maximum absolute atomic E-state index is 11.6. The smallest absolute Gasteiger partial charge is 0.339 e. The van der Waals surface area contributed by atoms with E-state index in [0.717, 1.165) is 5.69 Å². The Balaban J connectivity index is 2.13. The number of benzene rings is 1. The summed E-state index contributed by atoms with van der Waals surface area (Å²) < 4.78 is 4.76. The van der Waals surface area contributed by atoms with Crippen LogP contribution in [0.1, 0.15) is 21.6 Å². The third kappa shape index (κ3) is 3.58. The van der Waals surface area contributed by atoms with Crippen molar-refractivity contribution in [3.05, 3.63) is 59.4 Å². The summed E-state index contributed by atoms with van der Waals surface area (Å²) in [6.45, 7) is 2.06. The molecule has 0 radical (unpaired) electrons. The highest BCUT2D eigenvalue weighted by molar-refractivity contribution is 7.98. The monoisotopic (exact) mass is 273 g/mol. The molecule has 1 aromatic carbocycles. The lowest BCUT2D eigenvalue weighted by molar-refractivity contribution is 0.0599. The van der Waals surface area contributed by atoms with Crippen molar-refractivity contribution in [2.45, 2.75) is 17.6 Å². The summed E-state index contributed by atoms with van der Waals surface area (Å²) in [5.41, 5.74) is 2.50. The van der Waals surface area contributed by atoms with Gasteiger partial charge < -0.3 is 4.74 Å². The standard InChI is InChI=1S/C15H15NO2S/c1-11-5-3-6-12(9-11)19-10-14-13(15(17)18-2)7-4-8-16-14/h3-9H,10H2,1-2H3. The first-order chi connectivity index (χ1) is 9.20. The van der Waals surface area contributed by atoms with Crippen molar-refractivity contribution >= 4 is 17.7 Å². The van der Waals surface area contributed by atoms with Crippen molar-refractivity contribution in [3.63, 3.8) is 0 Å². The van der Waals surface area contributed by atoms with Gasteiger partial charge in [0.1, 0.15) is 0 Å². The van der Waals surface area contributed by atoms with Gasteiger partial charge in [0.2, 0.25) is 0 Å². The van der Waals surface area contributed by atoms with Gasteiger partial charge in [-0.2, -0.15) is 0 Å². The topological polar surface area (TPSA) is 39.2 Å². The SMILES string of the molecule is COC(=O)c1cccnc1CSc1cccc(C)c1. The second kappa shape index (κ2) is 6.38. The predicted octanol–water partition coefficient (Wildman–Crippen LogP) is 3.47. The summed E-state index contributed by atoms with van der Waals surface area (Å²) in [4.78, 5) is 17.1. The number of methoxy groups -OCH3 is 1. The van der Waals surface area contributed by atoms with Crippen LogP contribution in [0.2, 0.25) is 0 Å². The molecule has 0 fully saturated rings. The van der Waals surface area contributed by atoms with Gasteiger partial charge in [-0.25, -0.2) is 4.79 Å². The molecule has 0 atom stereocenters. The van der Waals surface area contributed by atoms with Crippen LogP contribution in [0.4, 0.5) is 0 Å². The minimum absolute atomic E-state index is 0.340. The van der Waals surface area contributed by atoms with Gasteiger partial charge in [-0.05, 0) is 31.2 Å². The number of nitrogens with zero attached hydrogens (tertiary/aromatic N) is 1. The molecule has 2 aromatic rings.